The number of H-pyrrole nitrogens is 1. The fraction of sp³-hybridized carbons (Fsp3) is 0.200. The molecule has 0 radical (unpaired) electrons. The van der Waals surface area contributed by atoms with E-state index in [1.54, 1.807) is 11.8 Å². The van der Waals surface area contributed by atoms with Gasteiger partial charge in [0.05, 0.1) is 7.11 Å². The van der Waals surface area contributed by atoms with Crippen molar-refractivity contribution in [3.05, 3.63) is 46.4 Å². The molecule has 0 fully saturated rings. The monoisotopic (exact) mass is 207 g/mol. The topological polar surface area (TPSA) is 59.1 Å². The molecule has 0 spiro atoms. The Morgan fingerprint density at radius 2 is 2.13 bits per heavy atom. The third-order valence-electron chi connectivity index (χ3n) is 2.04. The lowest BCUT2D eigenvalue weighted by atomic mass is 10.2. The summed E-state index contributed by atoms with van der Waals surface area (Å²) in [4.78, 5) is 10.7. The molecular formula is C10H11N2O3+. The lowest BCUT2D eigenvalue weighted by Gasteiger charge is -1.98. The van der Waals surface area contributed by atoms with Crippen LogP contribution in [0.3, 0.4) is 0 Å². The van der Waals surface area contributed by atoms with E-state index in [1.807, 2.05) is 24.3 Å². The average Bonchev–Trinajstić information content (AvgIpc) is 2.65. The van der Waals surface area contributed by atoms with Crippen molar-refractivity contribution in [1.29, 1.82) is 0 Å². The molecule has 5 heteroatoms. The molecule has 1 heterocycles. The Morgan fingerprint density at radius 3 is 2.67 bits per heavy atom. The largest absolute Gasteiger partial charge is 0.497 e. The van der Waals surface area contributed by atoms with E-state index in [4.69, 9.17) is 4.74 Å². The van der Waals surface area contributed by atoms with E-state index in [9.17, 15) is 4.79 Å². The van der Waals surface area contributed by atoms with Gasteiger partial charge in [0.2, 0.25) is 6.54 Å². The normalized spacial score (nSPS) is 10.2. The number of hydrogen-bond donors (Lipinski definition) is 1. The molecule has 1 N–H and O–H groups in total. The Labute approximate surface area is 85.9 Å². The summed E-state index contributed by atoms with van der Waals surface area (Å²) in [5.41, 5.74) is 0.668. The van der Waals surface area contributed by atoms with Crippen LogP contribution in [0.5, 0.6) is 5.75 Å². The fourth-order valence-corrected chi connectivity index (χ4v) is 1.29. The van der Waals surface area contributed by atoms with Crippen molar-refractivity contribution >= 4 is 0 Å². The summed E-state index contributed by atoms with van der Waals surface area (Å²) >= 11 is 0. The smallest absolute Gasteiger partial charge is 0.426 e. The minimum absolute atomic E-state index is 0.386. The van der Waals surface area contributed by atoms with Gasteiger partial charge < -0.3 is 4.74 Å². The number of benzene rings is 1. The molecule has 5 nitrogen and oxygen atoms in total. The van der Waals surface area contributed by atoms with Crippen LogP contribution in [0.4, 0.5) is 0 Å². The molecule has 0 bridgehead atoms. The summed E-state index contributed by atoms with van der Waals surface area (Å²) < 4.78 is 11.2. The Balaban J connectivity index is 2.14. The Morgan fingerprint density at radius 1 is 1.40 bits per heavy atom. The van der Waals surface area contributed by atoms with Crippen molar-refractivity contribution in [2.24, 2.45) is 0 Å². The zero-order valence-corrected chi connectivity index (χ0v) is 8.27. The molecule has 0 atom stereocenters. The van der Waals surface area contributed by atoms with Crippen LogP contribution in [0, 0.1) is 0 Å². The molecule has 0 aliphatic heterocycles. The number of aromatic nitrogens is 2. The van der Waals surface area contributed by atoms with Crippen LogP contribution >= 0.6 is 0 Å². The summed E-state index contributed by atoms with van der Waals surface area (Å²) in [5, 5.41) is 2.48. The van der Waals surface area contributed by atoms with Gasteiger partial charge in [-0.3, -0.25) is 4.52 Å². The third-order valence-corrected chi connectivity index (χ3v) is 2.04. The molecule has 0 aliphatic rings. The van der Waals surface area contributed by atoms with Gasteiger partial charge in [-0.25, -0.2) is 4.79 Å². The predicted octanol–water partition coefficient (Wildman–Crippen LogP) is 0.312. The van der Waals surface area contributed by atoms with E-state index in [2.05, 4.69) is 9.79 Å². The molecular weight excluding hydrogens is 196 g/mol. The molecule has 78 valence electrons. The first-order valence-electron chi connectivity index (χ1n) is 4.49. The quantitative estimate of drug-likeness (QED) is 0.737. The molecule has 0 unspecified atom stereocenters. The molecule has 2 rings (SSSR count). The number of ether oxygens (including phenoxy) is 1. The van der Waals surface area contributed by atoms with E-state index < -0.39 is 0 Å². The zero-order valence-electron chi connectivity index (χ0n) is 8.27. The highest BCUT2D eigenvalue weighted by Crippen LogP contribution is 2.10. The minimum atomic E-state index is -0.386. The predicted molar refractivity (Wildman–Crippen MR) is 51.6 cm³/mol. The molecule has 0 amide bonds. The Bertz CT molecular complexity index is 484. The summed E-state index contributed by atoms with van der Waals surface area (Å²) in [6.07, 6.45) is 1.37. The van der Waals surface area contributed by atoms with E-state index >= 15 is 0 Å². The standard InChI is InChI=1S/C10H10N2O3/c1-14-9-4-2-8(3-5-9)6-12-7-10(13)15-11-12/h2-5,7H,6H2,1H3/p+1. The zero-order chi connectivity index (χ0) is 10.7. The summed E-state index contributed by atoms with van der Waals surface area (Å²) in [6, 6.07) is 7.59. The summed E-state index contributed by atoms with van der Waals surface area (Å²) in [5.74, 6) is 0.810. The van der Waals surface area contributed by atoms with Crippen molar-refractivity contribution in [3.8, 4) is 5.75 Å². The molecule has 0 saturated carbocycles. The summed E-state index contributed by atoms with van der Waals surface area (Å²) in [7, 11) is 1.62. The Hall–Kier alpha value is -2.04. The van der Waals surface area contributed by atoms with E-state index in [1.165, 1.54) is 6.20 Å². The van der Waals surface area contributed by atoms with Crippen LogP contribution < -0.4 is 15.0 Å². The highest BCUT2D eigenvalue weighted by atomic mass is 16.5. The molecule has 2 aromatic rings. The number of rotatable bonds is 3. The van der Waals surface area contributed by atoms with Crippen molar-refractivity contribution < 1.29 is 13.9 Å². The first kappa shape index (κ1) is 9.51. The van der Waals surface area contributed by atoms with Gasteiger partial charge in [-0.2, -0.15) is 0 Å². The van der Waals surface area contributed by atoms with Gasteiger partial charge in [0.25, 0.3) is 6.20 Å². The van der Waals surface area contributed by atoms with Crippen molar-refractivity contribution in [2.75, 3.05) is 7.11 Å². The van der Waals surface area contributed by atoms with Gasteiger partial charge in [0.15, 0.2) is 0 Å². The first-order valence-corrected chi connectivity index (χ1v) is 4.49. The van der Waals surface area contributed by atoms with Gasteiger partial charge in [-0.05, 0) is 29.5 Å². The van der Waals surface area contributed by atoms with Crippen molar-refractivity contribution in [1.82, 2.24) is 5.27 Å². The summed E-state index contributed by atoms with van der Waals surface area (Å²) in [6.45, 7) is 0.565. The van der Waals surface area contributed by atoms with Crippen LogP contribution in [0.15, 0.2) is 39.8 Å². The second-order valence-electron chi connectivity index (χ2n) is 3.12. The van der Waals surface area contributed by atoms with Crippen LogP contribution in [-0.4, -0.2) is 12.4 Å². The SMILES string of the molecule is COc1ccc(C[n+]2cc(=O)o[nH]2)cc1. The third kappa shape index (κ3) is 2.25. The van der Waals surface area contributed by atoms with E-state index in [-0.39, 0.29) is 5.63 Å². The van der Waals surface area contributed by atoms with Crippen LogP contribution in [0.25, 0.3) is 0 Å². The average molecular weight is 207 g/mol. The van der Waals surface area contributed by atoms with E-state index in [0.717, 1.165) is 11.3 Å². The maximum Gasteiger partial charge on any atom is 0.426 e. The highest BCUT2D eigenvalue weighted by Gasteiger charge is 2.06. The maximum absolute atomic E-state index is 10.7. The van der Waals surface area contributed by atoms with Gasteiger partial charge in [0.1, 0.15) is 5.75 Å². The molecule has 1 aromatic carbocycles. The van der Waals surface area contributed by atoms with Gasteiger partial charge in [-0.1, -0.05) is 4.68 Å². The van der Waals surface area contributed by atoms with Gasteiger partial charge in [0, 0.05) is 5.56 Å². The second-order valence-corrected chi connectivity index (χ2v) is 3.12. The van der Waals surface area contributed by atoms with Crippen LogP contribution in [0.1, 0.15) is 5.56 Å². The molecule has 0 aliphatic carbocycles. The van der Waals surface area contributed by atoms with E-state index in [0.29, 0.717) is 6.54 Å². The lowest BCUT2D eigenvalue weighted by molar-refractivity contribution is -0.754. The minimum Gasteiger partial charge on any atom is -0.497 e. The van der Waals surface area contributed by atoms with Crippen LogP contribution in [0.2, 0.25) is 0 Å². The highest BCUT2D eigenvalue weighted by molar-refractivity contribution is 5.26. The molecule has 15 heavy (non-hydrogen) atoms. The van der Waals surface area contributed by atoms with Crippen LogP contribution in [-0.2, 0) is 6.54 Å². The Kier molecular flexibility index (Phi) is 2.53. The fourth-order valence-electron chi connectivity index (χ4n) is 1.29. The van der Waals surface area contributed by atoms with Crippen molar-refractivity contribution in [3.63, 3.8) is 0 Å². The number of nitrogens with zero attached hydrogens (tertiary/aromatic N) is 1. The molecule has 0 saturated heterocycles. The number of nitrogens with one attached hydrogen (secondary N) is 1. The number of hydrogen-bond acceptors (Lipinski definition) is 3. The number of aromatic amines is 1. The first-order chi connectivity index (χ1) is 7.28. The lowest BCUT2D eigenvalue weighted by Crippen LogP contribution is -2.35. The van der Waals surface area contributed by atoms with Gasteiger partial charge in [-0.15, -0.1) is 0 Å². The van der Waals surface area contributed by atoms with Gasteiger partial charge >= 0.3 is 5.63 Å². The number of methoxy groups -OCH3 is 1. The maximum atomic E-state index is 10.7. The molecule has 1 aromatic heterocycles. The van der Waals surface area contributed by atoms with Crippen molar-refractivity contribution in [2.45, 2.75) is 6.54 Å². The second kappa shape index (κ2) is 4.00.